The van der Waals surface area contributed by atoms with Gasteiger partial charge in [-0.05, 0) is 12.1 Å². The molecule has 2 aromatic rings. The van der Waals surface area contributed by atoms with Gasteiger partial charge in [-0.3, -0.25) is 9.59 Å². The Morgan fingerprint density at radius 1 is 1.35 bits per heavy atom. The molecular weight excluding hydrogens is 218 g/mol. The van der Waals surface area contributed by atoms with Gasteiger partial charge in [-0.25, -0.2) is 0 Å². The van der Waals surface area contributed by atoms with Crippen molar-refractivity contribution in [2.75, 3.05) is 13.7 Å². The molecule has 4 nitrogen and oxygen atoms in total. The van der Waals surface area contributed by atoms with Crippen LogP contribution in [-0.2, 0) is 11.3 Å². The summed E-state index contributed by atoms with van der Waals surface area (Å²) in [5, 5.41) is 0.563. The van der Waals surface area contributed by atoms with Crippen LogP contribution in [0.4, 0.5) is 0 Å². The van der Waals surface area contributed by atoms with Crippen molar-refractivity contribution in [1.82, 2.24) is 4.57 Å². The molecule has 1 aromatic heterocycles. The standard InChI is InChI=1S/C13H13NO3/c1-17-7-6-14-8-10(9-15)13(16)11-4-2-3-5-12(11)14/h2-5,8-9H,6-7H2,1H3. The number of para-hydroxylation sites is 1. The van der Waals surface area contributed by atoms with Crippen molar-refractivity contribution in [2.24, 2.45) is 0 Å². The first-order valence-electron chi connectivity index (χ1n) is 5.34. The van der Waals surface area contributed by atoms with Gasteiger partial charge in [-0.15, -0.1) is 0 Å². The molecule has 1 aromatic carbocycles. The molecule has 0 aliphatic heterocycles. The number of nitrogens with zero attached hydrogens (tertiary/aromatic N) is 1. The molecule has 0 radical (unpaired) electrons. The Balaban J connectivity index is 2.69. The molecular formula is C13H13NO3. The van der Waals surface area contributed by atoms with E-state index in [0.29, 0.717) is 24.8 Å². The highest BCUT2D eigenvalue weighted by molar-refractivity contribution is 5.86. The van der Waals surface area contributed by atoms with Gasteiger partial charge in [0.25, 0.3) is 0 Å². The van der Waals surface area contributed by atoms with Gasteiger partial charge in [0.05, 0.1) is 17.7 Å². The average Bonchev–Trinajstić information content (AvgIpc) is 2.38. The maximum Gasteiger partial charge on any atom is 0.199 e. The Morgan fingerprint density at radius 2 is 2.12 bits per heavy atom. The molecule has 0 aliphatic carbocycles. The minimum atomic E-state index is -0.218. The number of carbonyl (C=O) groups is 1. The lowest BCUT2D eigenvalue weighted by Crippen LogP contribution is -2.15. The predicted octanol–water partition coefficient (Wildman–Crippen LogP) is 1.46. The van der Waals surface area contributed by atoms with Gasteiger partial charge in [0, 0.05) is 25.2 Å². The Hall–Kier alpha value is -1.94. The minimum Gasteiger partial charge on any atom is -0.383 e. The van der Waals surface area contributed by atoms with Crippen LogP contribution in [0, 0.1) is 0 Å². The highest BCUT2D eigenvalue weighted by atomic mass is 16.5. The lowest BCUT2D eigenvalue weighted by atomic mass is 10.1. The maximum atomic E-state index is 11.9. The van der Waals surface area contributed by atoms with Gasteiger partial charge in [-0.2, -0.15) is 0 Å². The second-order valence-corrected chi connectivity index (χ2v) is 3.73. The first-order chi connectivity index (χ1) is 8.27. The quantitative estimate of drug-likeness (QED) is 0.748. The maximum absolute atomic E-state index is 11.9. The van der Waals surface area contributed by atoms with Gasteiger partial charge in [0.1, 0.15) is 0 Å². The zero-order chi connectivity index (χ0) is 12.3. The van der Waals surface area contributed by atoms with E-state index < -0.39 is 0 Å². The fourth-order valence-corrected chi connectivity index (χ4v) is 1.83. The van der Waals surface area contributed by atoms with Crippen LogP contribution in [0.1, 0.15) is 10.4 Å². The summed E-state index contributed by atoms with van der Waals surface area (Å²) in [7, 11) is 1.62. The zero-order valence-corrected chi connectivity index (χ0v) is 9.55. The summed E-state index contributed by atoms with van der Waals surface area (Å²) in [5.41, 5.74) is 0.782. The number of benzene rings is 1. The highest BCUT2D eigenvalue weighted by Gasteiger charge is 2.07. The van der Waals surface area contributed by atoms with E-state index in [4.69, 9.17) is 4.74 Å². The van der Waals surface area contributed by atoms with Crippen LogP contribution in [0.3, 0.4) is 0 Å². The molecule has 0 unspecified atom stereocenters. The fourth-order valence-electron chi connectivity index (χ4n) is 1.83. The van der Waals surface area contributed by atoms with E-state index in [0.717, 1.165) is 5.52 Å². The molecule has 0 spiro atoms. The molecule has 1 heterocycles. The van der Waals surface area contributed by atoms with E-state index in [2.05, 4.69) is 0 Å². The van der Waals surface area contributed by atoms with Crippen LogP contribution in [0.2, 0.25) is 0 Å². The minimum absolute atomic E-state index is 0.180. The van der Waals surface area contributed by atoms with E-state index >= 15 is 0 Å². The molecule has 0 saturated heterocycles. The Bertz CT molecular complexity index is 601. The summed E-state index contributed by atoms with van der Waals surface area (Å²) in [6.45, 7) is 1.14. The normalized spacial score (nSPS) is 10.6. The van der Waals surface area contributed by atoms with Crippen LogP contribution in [0.15, 0.2) is 35.3 Å². The van der Waals surface area contributed by atoms with Gasteiger partial charge in [-0.1, -0.05) is 12.1 Å². The van der Waals surface area contributed by atoms with Crippen molar-refractivity contribution in [2.45, 2.75) is 6.54 Å². The molecule has 0 saturated carbocycles. The summed E-state index contributed by atoms with van der Waals surface area (Å²) in [6.07, 6.45) is 2.18. The lowest BCUT2D eigenvalue weighted by Gasteiger charge is -2.10. The number of aldehydes is 1. The van der Waals surface area contributed by atoms with Crippen molar-refractivity contribution >= 4 is 17.2 Å². The first-order valence-corrected chi connectivity index (χ1v) is 5.34. The average molecular weight is 231 g/mol. The Kier molecular flexibility index (Phi) is 3.35. The summed E-state index contributed by atoms with van der Waals surface area (Å²) in [5.74, 6) is 0. The van der Waals surface area contributed by atoms with Crippen LogP contribution >= 0.6 is 0 Å². The van der Waals surface area contributed by atoms with E-state index in [-0.39, 0.29) is 11.0 Å². The number of methoxy groups -OCH3 is 1. The van der Waals surface area contributed by atoms with E-state index in [1.54, 1.807) is 25.4 Å². The van der Waals surface area contributed by atoms with Crippen molar-refractivity contribution < 1.29 is 9.53 Å². The van der Waals surface area contributed by atoms with E-state index in [9.17, 15) is 9.59 Å². The number of pyridine rings is 1. The molecule has 0 fully saturated rings. The number of hydrogen-bond donors (Lipinski definition) is 0. The number of rotatable bonds is 4. The van der Waals surface area contributed by atoms with Crippen LogP contribution in [-0.4, -0.2) is 24.6 Å². The van der Waals surface area contributed by atoms with Crippen molar-refractivity contribution in [3.05, 3.63) is 46.2 Å². The second-order valence-electron chi connectivity index (χ2n) is 3.73. The molecule has 0 bridgehead atoms. The number of aromatic nitrogens is 1. The summed E-state index contributed by atoms with van der Waals surface area (Å²) >= 11 is 0. The molecule has 4 heteroatoms. The lowest BCUT2D eigenvalue weighted by molar-refractivity contribution is 0.112. The van der Waals surface area contributed by atoms with Crippen molar-refractivity contribution in [3.8, 4) is 0 Å². The molecule has 17 heavy (non-hydrogen) atoms. The first kappa shape index (κ1) is 11.5. The van der Waals surface area contributed by atoms with Gasteiger partial charge in [0.2, 0.25) is 0 Å². The number of ether oxygens (including phenoxy) is 1. The second kappa shape index (κ2) is 4.93. The molecule has 88 valence electrons. The molecule has 0 aliphatic rings. The smallest absolute Gasteiger partial charge is 0.199 e. The highest BCUT2D eigenvalue weighted by Crippen LogP contribution is 2.10. The Morgan fingerprint density at radius 3 is 2.82 bits per heavy atom. The third kappa shape index (κ3) is 2.12. The molecule has 0 amide bonds. The largest absolute Gasteiger partial charge is 0.383 e. The summed E-state index contributed by atoms with van der Waals surface area (Å²) in [6, 6.07) is 7.25. The van der Waals surface area contributed by atoms with Crippen LogP contribution in [0.25, 0.3) is 10.9 Å². The number of fused-ring (bicyclic) bond motifs is 1. The SMILES string of the molecule is COCCn1cc(C=O)c(=O)c2ccccc21. The van der Waals surface area contributed by atoms with Crippen molar-refractivity contribution in [3.63, 3.8) is 0 Å². The molecule has 2 rings (SSSR count). The van der Waals surface area contributed by atoms with E-state index in [1.807, 2.05) is 16.7 Å². The topological polar surface area (TPSA) is 48.3 Å². The number of hydrogen-bond acceptors (Lipinski definition) is 3. The third-order valence-corrected chi connectivity index (χ3v) is 2.68. The molecule has 0 atom stereocenters. The third-order valence-electron chi connectivity index (χ3n) is 2.68. The summed E-state index contributed by atoms with van der Waals surface area (Å²) < 4.78 is 6.88. The van der Waals surface area contributed by atoms with Gasteiger partial charge >= 0.3 is 0 Å². The van der Waals surface area contributed by atoms with Gasteiger partial charge in [0.15, 0.2) is 11.7 Å². The van der Waals surface area contributed by atoms with E-state index in [1.165, 1.54) is 0 Å². The van der Waals surface area contributed by atoms with Crippen LogP contribution < -0.4 is 5.43 Å². The number of carbonyl (C=O) groups excluding carboxylic acids is 1. The molecule has 0 N–H and O–H groups in total. The van der Waals surface area contributed by atoms with Crippen LogP contribution in [0.5, 0.6) is 0 Å². The zero-order valence-electron chi connectivity index (χ0n) is 9.55. The monoisotopic (exact) mass is 231 g/mol. The van der Waals surface area contributed by atoms with Gasteiger partial charge < -0.3 is 9.30 Å². The Labute approximate surface area is 98.4 Å². The predicted molar refractivity (Wildman–Crippen MR) is 65.5 cm³/mol. The van der Waals surface area contributed by atoms with Crippen molar-refractivity contribution in [1.29, 1.82) is 0 Å². The summed E-state index contributed by atoms with van der Waals surface area (Å²) in [4.78, 5) is 22.8. The fraction of sp³-hybridized carbons (Fsp3) is 0.231.